The van der Waals surface area contributed by atoms with E-state index < -0.39 is 6.43 Å². The van der Waals surface area contributed by atoms with Gasteiger partial charge in [-0.1, -0.05) is 12.1 Å². The Hall–Kier alpha value is -1.58. The molecule has 17 heavy (non-hydrogen) atoms. The van der Waals surface area contributed by atoms with Crippen molar-refractivity contribution in [3.05, 3.63) is 29.8 Å². The summed E-state index contributed by atoms with van der Waals surface area (Å²) >= 11 is 0. The van der Waals surface area contributed by atoms with Gasteiger partial charge in [0.25, 0.3) is 6.43 Å². The van der Waals surface area contributed by atoms with E-state index in [1.54, 1.807) is 12.1 Å². The van der Waals surface area contributed by atoms with E-state index in [1.807, 2.05) is 0 Å². The Balaban J connectivity index is 2.19. The van der Waals surface area contributed by atoms with Crippen LogP contribution < -0.4 is 0 Å². The second-order valence-electron chi connectivity index (χ2n) is 4.14. The molecule has 0 amide bonds. The fourth-order valence-electron chi connectivity index (χ4n) is 1.90. The van der Waals surface area contributed by atoms with Gasteiger partial charge in [0.1, 0.15) is 5.78 Å². The van der Waals surface area contributed by atoms with E-state index >= 15 is 0 Å². The summed E-state index contributed by atoms with van der Waals surface area (Å²) in [5.41, 5.74) is 1.27. The SMILES string of the molecule is O=C1CCCC(=Nc2cccc(C(F)F)c2)C1. The van der Waals surface area contributed by atoms with Gasteiger partial charge in [-0.2, -0.15) is 0 Å². The summed E-state index contributed by atoms with van der Waals surface area (Å²) in [6.07, 6.45) is 0.0782. The fourth-order valence-corrected chi connectivity index (χ4v) is 1.90. The minimum atomic E-state index is -2.48. The highest BCUT2D eigenvalue weighted by molar-refractivity contribution is 6.04. The summed E-state index contributed by atoms with van der Waals surface area (Å²) in [7, 11) is 0. The summed E-state index contributed by atoms with van der Waals surface area (Å²) in [4.78, 5) is 15.5. The maximum Gasteiger partial charge on any atom is 0.263 e. The largest absolute Gasteiger partial charge is 0.299 e. The highest BCUT2D eigenvalue weighted by Crippen LogP contribution is 2.24. The Morgan fingerprint density at radius 3 is 2.76 bits per heavy atom. The number of carbonyl (C=O) groups is 1. The van der Waals surface area contributed by atoms with Crippen molar-refractivity contribution in [1.82, 2.24) is 0 Å². The average molecular weight is 237 g/mol. The third-order valence-electron chi connectivity index (χ3n) is 2.73. The Morgan fingerprint density at radius 2 is 2.06 bits per heavy atom. The minimum absolute atomic E-state index is 0.0333. The van der Waals surface area contributed by atoms with Gasteiger partial charge in [-0.3, -0.25) is 9.79 Å². The first-order valence-electron chi connectivity index (χ1n) is 5.61. The second kappa shape index (κ2) is 5.17. The maximum atomic E-state index is 12.5. The summed E-state index contributed by atoms with van der Waals surface area (Å²) in [5, 5.41) is 0. The summed E-state index contributed by atoms with van der Waals surface area (Å²) in [5.74, 6) is 0.181. The van der Waals surface area contributed by atoms with Crippen LogP contribution in [-0.2, 0) is 4.79 Å². The smallest absolute Gasteiger partial charge is 0.263 e. The Morgan fingerprint density at radius 1 is 1.24 bits per heavy atom. The van der Waals surface area contributed by atoms with Crippen LogP contribution in [0, 0.1) is 0 Å². The molecule has 2 rings (SSSR count). The molecule has 0 saturated heterocycles. The molecular weight excluding hydrogens is 224 g/mol. The normalized spacial score (nSPS) is 19.0. The van der Waals surface area contributed by atoms with Gasteiger partial charge in [-0.05, 0) is 25.0 Å². The van der Waals surface area contributed by atoms with Crippen LogP contribution in [0.4, 0.5) is 14.5 Å². The molecule has 1 aliphatic rings. The molecule has 1 fully saturated rings. The number of alkyl halides is 2. The van der Waals surface area contributed by atoms with Crippen molar-refractivity contribution in [1.29, 1.82) is 0 Å². The zero-order chi connectivity index (χ0) is 12.3. The van der Waals surface area contributed by atoms with Gasteiger partial charge in [0, 0.05) is 24.1 Å². The van der Waals surface area contributed by atoms with E-state index in [9.17, 15) is 13.6 Å². The average Bonchev–Trinajstić information content (AvgIpc) is 2.29. The van der Waals surface area contributed by atoms with Gasteiger partial charge >= 0.3 is 0 Å². The first-order chi connectivity index (χ1) is 8.15. The molecule has 0 atom stereocenters. The first-order valence-corrected chi connectivity index (χ1v) is 5.61. The highest BCUT2D eigenvalue weighted by atomic mass is 19.3. The van der Waals surface area contributed by atoms with Crippen molar-refractivity contribution in [3.63, 3.8) is 0 Å². The lowest BCUT2D eigenvalue weighted by atomic mass is 9.97. The molecule has 2 nitrogen and oxygen atoms in total. The molecule has 0 aromatic heterocycles. The van der Waals surface area contributed by atoms with Crippen molar-refractivity contribution in [3.8, 4) is 0 Å². The lowest BCUT2D eigenvalue weighted by Crippen LogP contribution is -2.13. The van der Waals surface area contributed by atoms with Crippen LogP contribution in [0.1, 0.15) is 37.7 Å². The Bertz CT molecular complexity index is 454. The lowest BCUT2D eigenvalue weighted by Gasteiger charge is -2.11. The minimum Gasteiger partial charge on any atom is -0.299 e. The zero-order valence-corrected chi connectivity index (χ0v) is 9.33. The summed E-state index contributed by atoms with van der Waals surface area (Å²) < 4.78 is 25.0. The first kappa shape index (κ1) is 11.9. The van der Waals surface area contributed by atoms with Crippen molar-refractivity contribution >= 4 is 17.2 Å². The van der Waals surface area contributed by atoms with E-state index in [2.05, 4.69) is 4.99 Å². The summed E-state index contributed by atoms with van der Waals surface area (Å²) in [6.45, 7) is 0. The third kappa shape index (κ3) is 3.19. The van der Waals surface area contributed by atoms with Crippen LogP contribution in [0.3, 0.4) is 0 Å². The van der Waals surface area contributed by atoms with Gasteiger partial charge in [0.05, 0.1) is 5.69 Å². The number of benzene rings is 1. The standard InChI is InChI=1S/C13H13F2NO/c14-13(15)9-3-1-4-10(7-9)16-11-5-2-6-12(17)8-11/h1,3-4,7,13H,2,5-6,8H2. The van der Waals surface area contributed by atoms with Crippen LogP contribution in [0.5, 0.6) is 0 Å². The molecule has 90 valence electrons. The topological polar surface area (TPSA) is 29.4 Å². The van der Waals surface area contributed by atoms with Crippen LogP contribution >= 0.6 is 0 Å². The molecule has 0 radical (unpaired) electrons. The predicted octanol–water partition coefficient (Wildman–Crippen LogP) is 3.84. The number of Topliss-reactive ketones (excluding diaryl/α,β-unsaturated/α-hetero) is 1. The highest BCUT2D eigenvalue weighted by Gasteiger charge is 2.14. The number of nitrogens with zero attached hydrogens (tertiary/aromatic N) is 1. The molecule has 0 bridgehead atoms. The van der Waals surface area contributed by atoms with Crippen LogP contribution in [0.2, 0.25) is 0 Å². The van der Waals surface area contributed by atoms with Gasteiger partial charge in [0.15, 0.2) is 0 Å². The molecule has 1 aliphatic carbocycles. The number of rotatable bonds is 2. The van der Waals surface area contributed by atoms with Crippen LogP contribution in [0.25, 0.3) is 0 Å². The number of carbonyl (C=O) groups excluding carboxylic acids is 1. The molecule has 1 saturated carbocycles. The van der Waals surface area contributed by atoms with Crippen molar-refractivity contribution < 1.29 is 13.6 Å². The van der Waals surface area contributed by atoms with Crippen molar-refractivity contribution in [2.45, 2.75) is 32.1 Å². The van der Waals surface area contributed by atoms with E-state index in [4.69, 9.17) is 0 Å². The summed E-state index contributed by atoms with van der Waals surface area (Å²) in [6, 6.07) is 5.99. The van der Waals surface area contributed by atoms with Crippen LogP contribution in [-0.4, -0.2) is 11.5 Å². The quantitative estimate of drug-likeness (QED) is 0.768. The van der Waals surface area contributed by atoms with Gasteiger partial charge in [-0.25, -0.2) is 8.78 Å². The number of halogens is 2. The Labute approximate surface area is 98.4 Å². The molecule has 1 aromatic carbocycles. The van der Waals surface area contributed by atoms with Crippen LogP contribution in [0.15, 0.2) is 29.3 Å². The monoisotopic (exact) mass is 237 g/mol. The molecule has 0 unspecified atom stereocenters. The predicted molar refractivity (Wildman–Crippen MR) is 62.0 cm³/mol. The second-order valence-corrected chi connectivity index (χ2v) is 4.14. The molecule has 0 N–H and O–H groups in total. The van der Waals surface area contributed by atoms with E-state index in [1.165, 1.54) is 12.1 Å². The Kier molecular flexibility index (Phi) is 3.61. The van der Waals surface area contributed by atoms with E-state index in [0.717, 1.165) is 18.6 Å². The van der Waals surface area contributed by atoms with Gasteiger partial charge in [0.2, 0.25) is 0 Å². The van der Waals surface area contributed by atoms with Crippen molar-refractivity contribution in [2.24, 2.45) is 4.99 Å². The third-order valence-corrected chi connectivity index (χ3v) is 2.73. The molecule has 0 heterocycles. The van der Waals surface area contributed by atoms with Gasteiger partial charge < -0.3 is 0 Å². The number of hydrogen-bond acceptors (Lipinski definition) is 2. The number of aliphatic imine (C=N–C) groups is 1. The number of hydrogen-bond donors (Lipinski definition) is 0. The van der Waals surface area contributed by atoms with E-state index in [-0.39, 0.29) is 11.3 Å². The van der Waals surface area contributed by atoms with Crippen molar-refractivity contribution in [2.75, 3.05) is 0 Å². The van der Waals surface area contributed by atoms with Gasteiger partial charge in [-0.15, -0.1) is 0 Å². The lowest BCUT2D eigenvalue weighted by molar-refractivity contribution is -0.118. The molecule has 4 heteroatoms. The molecule has 0 spiro atoms. The number of ketones is 1. The zero-order valence-electron chi connectivity index (χ0n) is 9.33. The van der Waals surface area contributed by atoms with E-state index in [0.29, 0.717) is 18.5 Å². The maximum absolute atomic E-state index is 12.5. The fraction of sp³-hybridized carbons (Fsp3) is 0.385. The molecular formula is C13H13F2NO. The molecule has 1 aromatic rings. The molecule has 0 aliphatic heterocycles.